The summed E-state index contributed by atoms with van der Waals surface area (Å²) in [5, 5.41) is 9.67. The van der Waals surface area contributed by atoms with E-state index in [0.717, 1.165) is 19.6 Å². The summed E-state index contributed by atoms with van der Waals surface area (Å²) in [5.41, 5.74) is 0. The first-order valence-corrected chi connectivity index (χ1v) is 4.98. The molecular weight excluding hydrogens is 170 g/mol. The Morgan fingerprint density at radius 1 is 1.23 bits per heavy atom. The number of ether oxygens (including phenoxy) is 2. The average molecular weight is 185 g/mol. The Balaban J connectivity index is 1.72. The van der Waals surface area contributed by atoms with E-state index in [4.69, 9.17) is 9.47 Å². The lowest BCUT2D eigenvalue weighted by Crippen LogP contribution is -2.49. The average Bonchev–Trinajstić information content (AvgIpc) is 2.77. The third kappa shape index (κ3) is 1.21. The summed E-state index contributed by atoms with van der Waals surface area (Å²) in [6.45, 7) is 3.01. The maximum absolute atomic E-state index is 9.67. The second kappa shape index (κ2) is 2.92. The molecule has 1 N–H and O–H groups in total. The number of likely N-dealkylation sites (tertiary alicyclic amines) is 1. The lowest BCUT2D eigenvalue weighted by molar-refractivity contribution is -0.0103. The van der Waals surface area contributed by atoms with Crippen LogP contribution in [0.1, 0.15) is 6.42 Å². The molecule has 0 radical (unpaired) electrons. The minimum absolute atomic E-state index is 0.221. The predicted octanol–water partition coefficient (Wildman–Crippen LogP) is -0.781. The number of aliphatic hydroxyl groups excluding tert-OH is 1. The molecule has 3 fully saturated rings. The van der Waals surface area contributed by atoms with Crippen LogP contribution < -0.4 is 0 Å². The maximum Gasteiger partial charge on any atom is 0.0950 e. The standard InChI is InChI=1S/C9H15NO3/c11-9-5-12-4-8(9)10-2-7-1-6(10)3-13-7/h6-9,11H,1-5H2. The number of fused-ring (bicyclic) bond motifs is 2. The number of nitrogens with zero attached hydrogens (tertiary/aromatic N) is 1. The lowest BCUT2D eigenvalue weighted by Gasteiger charge is -2.32. The van der Waals surface area contributed by atoms with Gasteiger partial charge >= 0.3 is 0 Å². The van der Waals surface area contributed by atoms with Crippen LogP contribution in [-0.4, -0.2) is 60.7 Å². The van der Waals surface area contributed by atoms with Gasteiger partial charge in [0.05, 0.1) is 38.1 Å². The second-order valence-corrected chi connectivity index (χ2v) is 4.21. The SMILES string of the molecule is OC1COCC1N1CC2CC1CO2. The molecule has 4 heteroatoms. The Morgan fingerprint density at radius 3 is 2.69 bits per heavy atom. The van der Waals surface area contributed by atoms with E-state index >= 15 is 0 Å². The summed E-state index contributed by atoms with van der Waals surface area (Å²) in [4.78, 5) is 2.37. The summed E-state index contributed by atoms with van der Waals surface area (Å²) < 4.78 is 10.8. The molecule has 3 rings (SSSR count). The van der Waals surface area contributed by atoms with Gasteiger partial charge in [0.25, 0.3) is 0 Å². The molecule has 74 valence electrons. The fourth-order valence-corrected chi connectivity index (χ4v) is 2.68. The van der Waals surface area contributed by atoms with Crippen LogP contribution in [0.25, 0.3) is 0 Å². The van der Waals surface area contributed by atoms with E-state index in [9.17, 15) is 5.11 Å². The van der Waals surface area contributed by atoms with Crippen molar-refractivity contribution < 1.29 is 14.6 Å². The van der Waals surface area contributed by atoms with Gasteiger partial charge in [0, 0.05) is 12.6 Å². The Labute approximate surface area is 77.4 Å². The summed E-state index contributed by atoms with van der Waals surface area (Å²) in [5.74, 6) is 0. The molecule has 3 heterocycles. The molecule has 0 amide bonds. The molecule has 3 aliphatic heterocycles. The molecule has 13 heavy (non-hydrogen) atoms. The van der Waals surface area contributed by atoms with Gasteiger partial charge in [-0.25, -0.2) is 0 Å². The van der Waals surface area contributed by atoms with E-state index in [2.05, 4.69) is 4.90 Å². The van der Waals surface area contributed by atoms with Crippen molar-refractivity contribution in [2.24, 2.45) is 0 Å². The molecular formula is C9H15NO3. The van der Waals surface area contributed by atoms with Gasteiger partial charge < -0.3 is 14.6 Å². The molecule has 4 atom stereocenters. The second-order valence-electron chi connectivity index (χ2n) is 4.21. The van der Waals surface area contributed by atoms with Gasteiger partial charge in [-0.15, -0.1) is 0 Å². The van der Waals surface area contributed by atoms with Crippen molar-refractivity contribution in [1.82, 2.24) is 4.90 Å². The molecule has 0 aromatic rings. The van der Waals surface area contributed by atoms with Crippen LogP contribution in [0.15, 0.2) is 0 Å². The van der Waals surface area contributed by atoms with Gasteiger partial charge in [0.15, 0.2) is 0 Å². The lowest BCUT2D eigenvalue weighted by atomic mass is 10.1. The van der Waals surface area contributed by atoms with Gasteiger partial charge in [-0.1, -0.05) is 0 Å². The molecule has 3 aliphatic rings. The van der Waals surface area contributed by atoms with Crippen molar-refractivity contribution in [3.8, 4) is 0 Å². The first-order valence-electron chi connectivity index (χ1n) is 4.98. The fraction of sp³-hybridized carbons (Fsp3) is 1.00. The Hall–Kier alpha value is -0.160. The Bertz CT molecular complexity index is 211. The molecule has 0 spiro atoms. The predicted molar refractivity (Wildman–Crippen MR) is 45.5 cm³/mol. The molecule has 0 aromatic carbocycles. The number of hydrogen-bond donors (Lipinski definition) is 1. The zero-order chi connectivity index (χ0) is 8.84. The Kier molecular flexibility index (Phi) is 1.83. The van der Waals surface area contributed by atoms with Crippen molar-refractivity contribution >= 4 is 0 Å². The third-order valence-corrected chi connectivity index (χ3v) is 3.39. The molecule has 4 nitrogen and oxygen atoms in total. The van der Waals surface area contributed by atoms with Gasteiger partial charge in [0.1, 0.15) is 0 Å². The fourth-order valence-electron chi connectivity index (χ4n) is 2.68. The molecule has 0 aromatic heterocycles. The zero-order valence-corrected chi connectivity index (χ0v) is 7.56. The summed E-state index contributed by atoms with van der Waals surface area (Å²) >= 11 is 0. The Morgan fingerprint density at radius 2 is 2.15 bits per heavy atom. The number of hydrogen-bond acceptors (Lipinski definition) is 4. The van der Waals surface area contributed by atoms with Crippen molar-refractivity contribution in [2.45, 2.75) is 30.7 Å². The van der Waals surface area contributed by atoms with Crippen LogP contribution in [0.5, 0.6) is 0 Å². The zero-order valence-electron chi connectivity index (χ0n) is 7.56. The highest BCUT2D eigenvalue weighted by Gasteiger charge is 2.45. The topological polar surface area (TPSA) is 41.9 Å². The molecule has 0 saturated carbocycles. The molecule has 0 aliphatic carbocycles. The highest BCUT2D eigenvalue weighted by Crippen LogP contribution is 2.31. The highest BCUT2D eigenvalue weighted by atomic mass is 16.5. The van der Waals surface area contributed by atoms with Crippen molar-refractivity contribution in [3.63, 3.8) is 0 Å². The van der Waals surface area contributed by atoms with Crippen LogP contribution in [0.2, 0.25) is 0 Å². The highest BCUT2D eigenvalue weighted by molar-refractivity contribution is 4.97. The van der Waals surface area contributed by atoms with Gasteiger partial charge in [-0.05, 0) is 6.42 Å². The van der Waals surface area contributed by atoms with Crippen LogP contribution in [-0.2, 0) is 9.47 Å². The number of aliphatic hydroxyl groups is 1. The van der Waals surface area contributed by atoms with E-state index < -0.39 is 0 Å². The number of morpholine rings is 1. The van der Waals surface area contributed by atoms with E-state index in [1.54, 1.807) is 0 Å². The van der Waals surface area contributed by atoms with Gasteiger partial charge in [-0.3, -0.25) is 4.90 Å². The van der Waals surface area contributed by atoms with Crippen molar-refractivity contribution in [3.05, 3.63) is 0 Å². The summed E-state index contributed by atoms with van der Waals surface area (Å²) in [6.07, 6.45) is 1.26. The van der Waals surface area contributed by atoms with Crippen LogP contribution in [0, 0.1) is 0 Å². The van der Waals surface area contributed by atoms with Gasteiger partial charge in [0.2, 0.25) is 0 Å². The normalized spacial score (nSPS) is 50.5. The van der Waals surface area contributed by atoms with Crippen LogP contribution in [0.4, 0.5) is 0 Å². The maximum atomic E-state index is 9.67. The molecule has 3 saturated heterocycles. The smallest absolute Gasteiger partial charge is 0.0950 e. The minimum Gasteiger partial charge on any atom is -0.389 e. The summed E-state index contributed by atoms with van der Waals surface area (Å²) in [7, 11) is 0. The first-order chi connectivity index (χ1) is 6.34. The minimum atomic E-state index is -0.292. The quantitative estimate of drug-likeness (QED) is 0.582. The van der Waals surface area contributed by atoms with Crippen LogP contribution >= 0.6 is 0 Å². The number of rotatable bonds is 1. The van der Waals surface area contributed by atoms with E-state index in [0.29, 0.717) is 25.4 Å². The monoisotopic (exact) mass is 185 g/mol. The molecule has 4 unspecified atom stereocenters. The van der Waals surface area contributed by atoms with E-state index in [1.165, 1.54) is 0 Å². The summed E-state index contributed by atoms with van der Waals surface area (Å²) in [6, 6.07) is 0.755. The van der Waals surface area contributed by atoms with Crippen molar-refractivity contribution in [2.75, 3.05) is 26.4 Å². The van der Waals surface area contributed by atoms with E-state index in [1.807, 2.05) is 0 Å². The third-order valence-electron chi connectivity index (χ3n) is 3.39. The molecule has 2 bridgehead atoms. The van der Waals surface area contributed by atoms with Crippen molar-refractivity contribution in [1.29, 1.82) is 0 Å². The van der Waals surface area contributed by atoms with Crippen LogP contribution in [0.3, 0.4) is 0 Å². The van der Waals surface area contributed by atoms with E-state index in [-0.39, 0.29) is 12.1 Å². The van der Waals surface area contributed by atoms with Gasteiger partial charge in [-0.2, -0.15) is 0 Å². The largest absolute Gasteiger partial charge is 0.389 e. The first kappa shape index (κ1) is 8.17.